The van der Waals surface area contributed by atoms with Crippen molar-refractivity contribution in [3.8, 4) is 5.75 Å². The second kappa shape index (κ2) is 9.09. The smallest absolute Gasteiger partial charge is 0.295 e. The summed E-state index contributed by atoms with van der Waals surface area (Å²) in [6, 6.07) is 11.5. The Morgan fingerprint density at radius 3 is 2.57 bits per heavy atom. The minimum absolute atomic E-state index is 0.0453. The van der Waals surface area contributed by atoms with Gasteiger partial charge in [0, 0.05) is 18.5 Å². The Morgan fingerprint density at radius 1 is 1.17 bits per heavy atom. The number of likely N-dealkylation sites (tertiary alicyclic amines) is 1. The Bertz CT molecular complexity index is 987. The van der Waals surface area contributed by atoms with Crippen molar-refractivity contribution in [3.05, 3.63) is 71.0 Å². The molecule has 1 saturated heterocycles. The number of aliphatic hydroxyl groups excluding tert-OH is 1. The van der Waals surface area contributed by atoms with Gasteiger partial charge in [-0.3, -0.25) is 9.59 Å². The number of Topliss-reactive ketones (excluding diaryl/α,β-unsaturated/α-hetero) is 1. The number of hydrogen-bond acceptors (Lipinski definition) is 4. The summed E-state index contributed by atoms with van der Waals surface area (Å²) in [4.78, 5) is 28.4. The van der Waals surface area contributed by atoms with Gasteiger partial charge in [-0.15, -0.1) is 0 Å². The Hall–Kier alpha value is -3.19. The third kappa shape index (κ3) is 4.36. The molecule has 2 aromatic rings. The molecule has 1 fully saturated rings. The van der Waals surface area contributed by atoms with Gasteiger partial charge in [-0.2, -0.15) is 0 Å². The number of hydrogen-bond donors (Lipinski definition) is 2. The first-order chi connectivity index (χ1) is 14.3. The first-order valence-electron chi connectivity index (χ1n) is 9.80. The van der Waals surface area contributed by atoms with Crippen LogP contribution >= 0.6 is 0 Å². The fourth-order valence-corrected chi connectivity index (χ4v) is 3.66. The second-order valence-electron chi connectivity index (χ2n) is 7.59. The number of ether oxygens (including phenoxy) is 1. The molecule has 3 rings (SSSR count). The van der Waals surface area contributed by atoms with E-state index in [-0.39, 0.29) is 11.3 Å². The Kier molecular flexibility index (Phi) is 6.52. The number of nitrogens with one attached hydrogen (secondary N) is 1. The number of rotatable bonds is 7. The summed E-state index contributed by atoms with van der Waals surface area (Å²) in [7, 11) is 5.50. The van der Waals surface area contributed by atoms with Crippen molar-refractivity contribution in [2.75, 3.05) is 34.3 Å². The van der Waals surface area contributed by atoms with Crippen molar-refractivity contribution in [2.24, 2.45) is 0 Å². The third-order valence-corrected chi connectivity index (χ3v) is 5.12. The summed E-state index contributed by atoms with van der Waals surface area (Å²) in [5.74, 6) is -1.74. The molecule has 1 aliphatic heterocycles. The molecule has 1 amide bonds. The summed E-state index contributed by atoms with van der Waals surface area (Å²) in [6.45, 7) is 1.13. The van der Waals surface area contributed by atoms with Gasteiger partial charge in [0.15, 0.2) is 0 Å². The van der Waals surface area contributed by atoms with Crippen LogP contribution in [0.25, 0.3) is 5.76 Å². The molecule has 30 heavy (non-hydrogen) atoms. The van der Waals surface area contributed by atoms with Crippen LogP contribution in [0, 0.1) is 5.82 Å². The topological polar surface area (TPSA) is 71.3 Å². The number of carbonyl (C=O) groups excluding carboxylic acids is 2. The number of ketones is 1. The van der Waals surface area contributed by atoms with Crippen LogP contribution < -0.4 is 9.64 Å². The van der Waals surface area contributed by atoms with Crippen LogP contribution in [0.4, 0.5) is 4.39 Å². The fourth-order valence-electron chi connectivity index (χ4n) is 3.66. The van der Waals surface area contributed by atoms with E-state index < -0.39 is 23.5 Å². The van der Waals surface area contributed by atoms with E-state index in [1.807, 2.05) is 14.1 Å². The lowest BCUT2D eigenvalue weighted by molar-refractivity contribution is -0.858. The second-order valence-corrected chi connectivity index (χ2v) is 7.59. The van der Waals surface area contributed by atoms with E-state index in [0.29, 0.717) is 29.8 Å². The lowest BCUT2D eigenvalue weighted by atomic mass is 9.95. The number of quaternary nitrogens is 1. The maximum Gasteiger partial charge on any atom is 0.295 e. The first kappa shape index (κ1) is 21.5. The molecule has 0 aliphatic carbocycles. The molecule has 158 valence electrons. The van der Waals surface area contributed by atoms with Gasteiger partial charge in [0.25, 0.3) is 11.7 Å². The normalized spacial score (nSPS) is 18.3. The number of nitrogens with zero attached hydrogens (tertiary/aromatic N) is 1. The molecule has 1 heterocycles. The van der Waals surface area contributed by atoms with E-state index >= 15 is 0 Å². The van der Waals surface area contributed by atoms with Crippen LogP contribution in [0.1, 0.15) is 23.6 Å². The van der Waals surface area contributed by atoms with E-state index in [2.05, 4.69) is 0 Å². The Morgan fingerprint density at radius 2 is 1.90 bits per heavy atom. The van der Waals surface area contributed by atoms with Gasteiger partial charge in [0.1, 0.15) is 17.3 Å². The van der Waals surface area contributed by atoms with Crippen molar-refractivity contribution in [1.29, 1.82) is 0 Å². The Balaban J connectivity index is 2.11. The minimum atomic E-state index is -0.857. The molecule has 2 N–H and O–H groups in total. The van der Waals surface area contributed by atoms with Crippen LogP contribution in [0.3, 0.4) is 0 Å². The lowest BCUT2D eigenvalue weighted by Crippen LogP contribution is -3.05. The van der Waals surface area contributed by atoms with E-state index in [0.717, 1.165) is 6.54 Å². The molecule has 1 aliphatic rings. The molecular formula is C23H26FN2O4+. The first-order valence-corrected chi connectivity index (χ1v) is 9.80. The Labute approximate surface area is 175 Å². The number of amides is 1. The van der Waals surface area contributed by atoms with E-state index in [1.54, 1.807) is 30.3 Å². The molecule has 2 aromatic carbocycles. The highest BCUT2D eigenvalue weighted by atomic mass is 19.1. The average Bonchev–Trinajstić information content (AvgIpc) is 2.98. The molecule has 0 saturated carbocycles. The van der Waals surface area contributed by atoms with E-state index in [9.17, 15) is 19.1 Å². The molecule has 1 atom stereocenters. The summed E-state index contributed by atoms with van der Waals surface area (Å²) in [5.41, 5.74) is 0.749. The van der Waals surface area contributed by atoms with Gasteiger partial charge in [-0.25, -0.2) is 4.39 Å². The highest BCUT2D eigenvalue weighted by Gasteiger charge is 2.46. The number of aliphatic hydroxyl groups is 1. The molecule has 0 radical (unpaired) electrons. The van der Waals surface area contributed by atoms with E-state index in [4.69, 9.17) is 4.74 Å². The van der Waals surface area contributed by atoms with Crippen molar-refractivity contribution in [2.45, 2.75) is 12.5 Å². The summed E-state index contributed by atoms with van der Waals surface area (Å²) in [5, 5.41) is 11.0. The lowest BCUT2D eigenvalue weighted by Gasteiger charge is -2.25. The number of methoxy groups -OCH3 is 1. The molecule has 0 aromatic heterocycles. The molecule has 7 heteroatoms. The summed E-state index contributed by atoms with van der Waals surface area (Å²) in [6.07, 6.45) is 0.667. The SMILES string of the molecule is COc1cccc(C(O)=C2C(=O)C(=O)N(CCC[NH+](C)C)[C@@H]2c2cccc(F)c2)c1. The molecule has 0 unspecified atom stereocenters. The van der Waals surface area contributed by atoms with Gasteiger partial charge < -0.3 is 19.6 Å². The molecule has 0 spiro atoms. The third-order valence-electron chi connectivity index (χ3n) is 5.12. The zero-order chi connectivity index (χ0) is 21.8. The predicted octanol–water partition coefficient (Wildman–Crippen LogP) is 1.79. The number of carbonyl (C=O) groups is 2. The maximum absolute atomic E-state index is 14.0. The average molecular weight is 413 g/mol. The van der Waals surface area contributed by atoms with Crippen molar-refractivity contribution < 1.29 is 28.7 Å². The monoisotopic (exact) mass is 413 g/mol. The summed E-state index contributed by atoms with van der Waals surface area (Å²) >= 11 is 0. The summed E-state index contributed by atoms with van der Waals surface area (Å²) < 4.78 is 19.2. The van der Waals surface area contributed by atoms with Gasteiger partial charge >= 0.3 is 0 Å². The van der Waals surface area contributed by atoms with Crippen molar-refractivity contribution in [1.82, 2.24) is 4.90 Å². The standard InChI is InChI=1S/C23H25FN2O4/c1-25(2)11-6-12-26-20(15-7-4-9-17(24)13-15)19(22(28)23(26)29)21(27)16-8-5-10-18(14-16)30-3/h4-5,7-10,13-14,20,27H,6,11-12H2,1-3H3/p+1/t20-/m1/s1. The van der Waals surface area contributed by atoms with E-state index in [1.165, 1.54) is 35.1 Å². The van der Waals surface area contributed by atoms with Crippen LogP contribution in [0.5, 0.6) is 5.75 Å². The highest BCUT2D eigenvalue weighted by molar-refractivity contribution is 6.46. The van der Waals surface area contributed by atoms with Crippen molar-refractivity contribution >= 4 is 17.4 Å². The van der Waals surface area contributed by atoms with Crippen LogP contribution in [-0.2, 0) is 9.59 Å². The number of halogens is 1. The molecular weight excluding hydrogens is 387 g/mol. The van der Waals surface area contributed by atoms with Crippen molar-refractivity contribution in [3.63, 3.8) is 0 Å². The van der Waals surface area contributed by atoms with Crippen LogP contribution in [-0.4, -0.2) is 56.0 Å². The van der Waals surface area contributed by atoms with Gasteiger partial charge in [0.05, 0.1) is 39.4 Å². The maximum atomic E-state index is 14.0. The highest BCUT2D eigenvalue weighted by Crippen LogP contribution is 2.39. The number of benzene rings is 2. The largest absolute Gasteiger partial charge is 0.507 e. The fraction of sp³-hybridized carbons (Fsp3) is 0.304. The van der Waals surface area contributed by atoms with Gasteiger partial charge in [0.2, 0.25) is 0 Å². The molecule has 0 bridgehead atoms. The van der Waals surface area contributed by atoms with Gasteiger partial charge in [-0.1, -0.05) is 24.3 Å². The molecule has 6 nitrogen and oxygen atoms in total. The predicted molar refractivity (Wildman–Crippen MR) is 111 cm³/mol. The zero-order valence-corrected chi connectivity index (χ0v) is 17.3. The van der Waals surface area contributed by atoms with Crippen LogP contribution in [0.15, 0.2) is 54.1 Å². The van der Waals surface area contributed by atoms with Gasteiger partial charge in [-0.05, 0) is 29.8 Å². The van der Waals surface area contributed by atoms with Crippen LogP contribution in [0.2, 0.25) is 0 Å². The quantitative estimate of drug-likeness (QED) is 0.413. The zero-order valence-electron chi connectivity index (χ0n) is 17.3. The minimum Gasteiger partial charge on any atom is -0.507 e.